The summed E-state index contributed by atoms with van der Waals surface area (Å²) in [5, 5.41) is 12.7. The lowest BCUT2D eigenvalue weighted by Gasteiger charge is -2.04. The summed E-state index contributed by atoms with van der Waals surface area (Å²) in [6, 6.07) is 4.96. The Labute approximate surface area is 129 Å². The second-order valence-corrected chi connectivity index (χ2v) is 4.47. The average molecular weight is 312 g/mol. The van der Waals surface area contributed by atoms with Gasteiger partial charge in [0.2, 0.25) is 5.95 Å². The predicted octanol–water partition coefficient (Wildman–Crippen LogP) is -0.287. The molecule has 3 aromatic rings. The van der Waals surface area contributed by atoms with Crippen LogP contribution in [0.2, 0.25) is 0 Å². The summed E-state index contributed by atoms with van der Waals surface area (Å²) in [4.78, 5) is 31.6. The van der Waals surface area contributed by atoms with E-state index >= 15 is 0 Å². The van der Waals surface area contributed by atoms with Crippen LogP contribution in [0.3, 0.4) is 0 Å². The average Bonchev–Trinajstić information content (AvgIpc) is 2.91. The van der Waals surface area contributed by atoms with Gasteiger partial charge in [-0.05, 0) is 12.1 Å². The van der Waals surface area contributed by atoms with E-state index in [1.54, 1.807) is 18.2 Å². The van der Waals surface area contributed by atoms with E-state index in [1.165, 1.54) is 23.8 Å². The standard InChI is InChI=1S/C13H12N8O2/c1-15-12(23)9-10-20-19-8(6-21(10)13(14)18-9)17-11(22)7-4-2-3-5-16-7/h2-6H,1H3,(H2,14,18)(H,15,23)(H,17,22). The maximum absolute atomic E-state index is 12.0. The Balaban J connectivity index is 1.93. The third kappa shape index (κ3) is 2.64. The molecule has 0 atom stereocenters. The first kappa shape index (κ1) is 14.4. The predicted molar refractivity (Wildman–Crippen MR) is 80.8 cm³/mol. The van der Waals surface area contributed by atoms with E-state index in [9.17, 15) is 9.59 Å². The molecule has 0 aliphatic rings. The third-order valence-corrected chi connectivity index (χ3v) is 3.00. The largest absolute Gasteiger partial charge is 0.369 e. The van der Waals surface area contributed by atoms with Gasteiger partial charge < -0.3 is 16.4 Å². The fourth-order valence-corrected chi connectivity index (χ4v) is 1.92. The van der Waals surface area contributed by atoms with Crippen LogP contribution in [0.15, 0.2) is 30.6 Å². The number of carbonyl (C=O) groups excluding carboxylic acids is 2. The van der Waals surface area contributed by atoms with E-state index < -0.39 is 11.8 Å². The minimum Gasteiger partial charge on any atom is -0.369 e. The molecular formula is C13H12N8O2. The van der Waals surface area contributed by atoms with Crippen molar-refractivity contribution in [3.05, 3.63) is 42.0 Å². The number of nitrogens with two attached hydrogens (primary N) is 1. The highest BCUT2D eigenvalue weighted by Gasteiger charge is 2.18. The molecule has 0 spiro atoms. The van der Waals surface area contributed by atoms with Crippen molar-refractivity contribution in [1.29, 1.82) is 0 Å². The molecule has 23 heavy (non-hydrogen) atoms. The number of imidazole rings is 1. The SMILES string of the molecule is CNC(=O)c1nc(N)n2cc(NC(=O)c3ccccn3)nnc12. The van der Waals surface area contributed by atoms with Crippen LogP contribution >= 0.6 is 0 Å². The van der Waals surface area contributed by atoms with Gasteiger partial charge in [-0.1, -0.05) is 6.07 Å². The van der Waals surface area contributed by atoms with Crippen LogP contribution in [-0.2, 0) is 0 Å². The summed E-state index contributed by atoms with van der Waals surface area (Å²) in [5.41, 5.74) is 6.24. The highest BCUT2D eigenvalue weighted by Crippen LogP contribution is 2.14. The van der Waals surface area contributed by atoms with Crippen molar-refractivity contribution in [3.63, 3.8) is 0 Å². The van der Waals surface area contributed by atoms with Gasteiger partial charge in [0.1, 0.15) is 5.69 Å². The van der Waals surface area contributed by atoms with Crippen molar-refractivity contribution >= 4 is 29.2 Å². The second kappa shape index (κ2) is 5.67. The number of anilines is 2. The number of rotatable bonds is 3. The smallest absolute Gasteiger partial charge is 0.275 e. The first-order chi connectivity index (χ1) is 11.1. The van der Waals surface area contributed by atoms with E-state index in [-0.39, 0.29) is 28.8 Å². The number of pyridine rings is 1. The number of nitrogen functional groups attached to an aromatic ring is 1. The van der Waals surface area contributed by atoms with Crippen LogP contribution in [0.5, 0.6) is 0 Å². The Morgan fingerprint density at radius 1 is 1.22 bits per heavy atom. The zero-order valence-electron chi connectivity index (χ0n) is 12.0. The van der Waals surface area contributed by atoms with Crippen LogP contribution < -0.4 is 16.4 Å². The van der Waals surface area contributed by atoms with Crippen molar-refractivity contribution in [1.82, 2.24) is 29.9 Å². The summed E-state index contributed by atoms with van der Waals surface area (Å²) < 4.78 is 1.37. The number of carbonyl (C=O) groups is 2. The molecule has 10 heteroatoms. The number of aromatic nitrogens is 5. The number of amides is 2. The molecule has 0 unspecified atom stereocenters. The number of nitrogens with zero attached hydrogens (tertiary/aromatic N) is 5. The molecule has 0 radical (unpaired) electrons. The molecule has 116 valence electrons. The van der Waals surface area contributed by atoms with Crippen molar-refractivity contribution in [2.24, 2.45) is 0 Å². The lowest BCUT2D eigenvalue weighted by Crippen LogP contribution is -2.19. The van der Waals surface area contributed by atoms with Gasteiger partial charge in [0.15, 0.2) is 17.2 Å². The Morgan fingerprint density at radius 3 is 2.74 bits per heavy atom. The van der Waals surface area contributed by atoms with Crippen molar-refractivity contribution in [2.75, 3.05) is 18.1 Å². The lowest BCUT2D eigenvalue weighted by molar-refractivity contribution is 0.0959. The van der Waals surface area contributed by atoms with Gasteiger partial charge in [-0.15, -0.1) is 10.2 Å². The molecule has 0 aromatic carbocycles. The summed E-state index contributed by atoms with van der Waals surface area (Å²) in [6.07, 6.45) is 2.94. The first-order valence-electron chi connectivity index (χ1n) is 6.56. The third-order valence-electron chi connectivity index (χ3n) is 3.00. The topological polar surface area (TPSA) is 140 Å². The molecule has 3 rings (SSSR count). The number of hydrogen-bond acceptors (Lipinski definition) is 7. The van der Waals surface area contributed by atoms with Gasteiger partial charge in [-0.3, -0.25) is 19.0 Å². The lowest BCUT2D eigenvalue weighted by atomic mass is 10.3. The number of nitrogens with one attached hydrogen (secondary N) is 2. The van der Waals surface area contributed by atoms with Gasteiger partial charge in [0.05, 0.1) is 6.20 Å². The van der Waals surface area contributed by atoms with Crippen LogP contribution in [0.1, 0.15) is 21.0 Å². The normalized spacial score (nSPS) is 10.5. The molecule has 0 saturated carbocycles. The molecule has 4 N–H and O–H groups in total. The molecule has 0 bridgehead atoms. The fraction of sp³-hybridized carbons (Fsp3) is 0.0769. The molecule has 0 aliphatic heterocycles. The molecule has 0 saturated heterocycles. The minimum absolute atomic E-state index is 0.0557. The van der Waals surface area contributed by atoms with E-state index in [0.29, 0.717) is 0 Å². The molecule has 3 heterocycles. The Kier molecular flexibility index (Phi) is 3.55. The van der Waals surface area contributed by atoms with Crippen LogP contribution in [-0.4, -0.2) is 43.4 Å². The molecular weight excluding hydrogens is 300 g/mol. The molecule has 0 aliphatic carbocycles. The fourth-order valence-electron chi connectivity index (χ4n) is 1.92. The van der Waals surface area contributed by atoms with Crippen LogP contribution in [0.4, 0.5) is 11.8 Å². The molecule has 10 nitrogen and oxygen atoms in total. The summed E-state index contributed by atoms with van der Waals surface area (Å²) in [5.74, 6) is -0.661. The summed E-state index contributed by atoms with van der Waals surface area (Å²) in [7, 11) is 1.47. The van der Waals surface area contributed by atoms with E-state index in [1.807, 2.05) is 0 Å². The zero-order valence-corrected chi connectivity index (χ0v) is 12.0. The van der Waals surface area contributed by atoms with Crippen LogP contribution in [0.25, 0.3) is 5.65 Å². The zero-order chi connectivity index (χ0) is 16.4. The van der Waals surface area contributed by atoms with Crippen LogP contribution in [0, 0.1) is 0 Å². The van der Waals surface area contributed by atoms with Gasteiger partial charge >= 0.3 is 0 Å². The molecule has 2 amide bonds. The number of fused-ring (bicyclic) bond motifs is 1. The highest BCUT2D eigenvalue weighted by atomic mass is 16.2. The van der Waals surface area contributed by atoms with E-state index in [4.69, 9.17) is 5.73 Å². The Bertz CT molecular complexity index is 890. The van der Waals surface area contributed by atoms with Gasteiger partial charge in [0.25, 0.3) is 11.8 Å². The van der Waals surface area contributed by atoms with Gasteiger partial charge in [-0.25, -0.2) is 4.98 Å². The number of hydrogen-bond donors (Lipinski definition) is 3. The van der Waals surface area contributed by atoms with E-state index in [2.05, 4.69) is 30.8 Å². The van der Waals surface area contributed by atoms with Crippen molar-refractivity contribution in [2.45, 2.75) is 0 Å². The second-order valence-electron chi connectivity index (χ2n) is 4.47. The minimum atomic E-state index is -0.440. The monoisotopic (exact) mass is 312 g/mol. The van der Waals surface area contributed by atoms with Crippen molar-refractivity contribution < 1.29 is 9.59 Å². The summed E-state index contributed by atoms with van der Waals surface area (Å²) >= 11 is 0. The first-order valence-corrected chi connectivity index (χ1v) is 6.56. The molecule has 0 fully saturated rings. The maximum Gasteiger partial charge on any atom is 0.275 e. The summed E-state index contributed by atoms with van der Waals surface area (Å²) in [6.45, 7) is 0. The Hall–Kier alpha value is -3.56. The van der Waals surface area contributed by atoms with Gasteiger partial charge in [0, 0.05) is 13.2 Å². The van der Waals surface area contributed by atoms with E-state index in [0.717, 1.165) is 0 Å². The molecule has 3 aromatic heterocycles. The maximum atomic E-state index is 12.0. The van der Waals surface area contributed by atoms with Gasteiger partial charge in [-0.2, -0.15) is 0 Å². The van der Waals surface area contributed by atoms with Crippen molar-refractivity contribution in [3.8, 4) is 0 Å². The highest BCUT2D eigenvalue weighted by molar-refractivity contribution is 6.02. The Morgan fingerprint density at radius 2 is 2.04 bits per heavy atom. The quantitative estimate of drug-likeness (QED) is 0.603.